The predicted molar refractivity (Wildman–Crippen MR) is 158 cm³/mol. The number of nitrogens with zero attached hydrogens (tertiary/aromatic N) is 4. The molecule has 0 radical (unpaired) electrons. The van der Waals surface area contributed by atoms with Crippen LogP contribution in [-0.4, -0.2) is 66.8 Å². The summed E-state index contributed by atoms with van der Waals surface area (Å²) in [6, 6.07) is 11.3. The molecule has 2 heterocycles. The van der Waals surface area contributed by atoms with Crippen molar-refractivity contribution in [1.29, 1.82) is 5.26 Å². The highest BCUT2D eigenvalue weighted by molar-refractivity contribution is 6.31. The van der Waals surface area contributed by atoms with Gasteiger partial charge in [0.1, 0.15) is 17.5 Å². The molecule has 5 atom stereocenters. The molecule has 1 aromatic carbocycles. The number of ether oxygens (including phenoxy) is 1. The molecule has 4 saturated carbocycles. The first-order valence-corrected chi connectivity index (χ1v) is 15.4. The minimum atomic E-state index is 0.293. The molecule has 1 aliphatic heterocycles. The largest absolute Gasteiger partial charge is 0.383 e. The highest BCUT2D eigenvalue weighted by Crippen LogP contribution is 2.60. The van der Waals surface area contributed by atoms with E-state index in [0.29, 0.717) is 46.4 Å². The fourth-order valence-electron chi connectivity index (χ4n) is 8.27. The van der Waals surface area contributed by atoms with E-state index in [0.717, 1.165) is 43.0 Å². The highest BCUT2D eigenvalue weighted by Gasteiger charge is 2.55. The third kappa shape index (κ3) is 6.08. The summed E-state index contributed by atoms with van der Waals surface area (Å²) >= 11 is 6.31. The van der Waals surface area contributed by atoms with Gasteiger partial charge in [0.25, 0.3) is 0 Å². The Hall–Kier alpha value is -2.44. The first kappa shape index (κ1) is 27.7. The van der Waals surface area contributed by atoms with Crippen molar-refractivity contribution in [2.45, 2.75) is 63.6 Å². The van der Waals surface area contributed by atoms with Gasteiger partial charge >= 0.3 is 0 Å². The molecule has 2 aromatic rings. The molecule has 4 bridgehead atoms. The molecule has 0 amide bonds. The van der Waals surface area contributed by atoms with Crippen LogP contribution >= 0.6 is 11.6 Å². The van der Waals surface area contributed by atoms with E-state index in [1.807, 2.05) is 24.3 Å². The number of halogens is 1. The number of rotatable bonds is 11. The van der Waals surface area contributed by atoms with Crippen molar-refractivity contribution >= 4 is 23.4 Å². The van der Waals surface area contributed by atoms with Crippen LogP contribution in [0.4, 0.5) is 11.8 Å². The molecule has 7 rings (SSSR count). The van der Waals surface area contributed by atoms with Crippen LogP contribution in [0.2, 0.25) is 5.02 Å². The summed E-state index contributed by atoms with van der Waals surface area (Å²) < 4.78 is 5.27. The maximum atomic E-state index is 9.74. The average molecular weight is 564 g/mol. The van der Waals surface area contributed by atoms with E-state index in [-0.39, 0.29) is 0 Å². The average Bonchev–Trinajstić information content (AvgIpc) is 2.97. The van der Waals surface area contributed by atoms with Crippen LogP contribution in [0, 0.1) is 34.5 Å². The number of piperidine rings is 1. The van der Waals surface area contributed by atoms with Crippen LogP contribution in [0.15, 0.2) is 30.5 Å². The standard InChI is InChI=1S/C31H42ClN7O/c1-40-11-10-39-8-6-26(7-9-39)37-28-23-12-21-13-24(28)16-31(14-21,15-23)20-36-29-25(17-33)19-35-30(38-29)34-18-22-4-2-3-5-27(22)32/h2-5,19,21,23-24,26,28,37H,6-16,18,20H2,1H3,(H2,34,35,36,38)/t21?,23-,24+,28?,31?. The van der Waals surface area contributed by atoms with Gasteiger partial charge in [-0.05, 0) is 92.8 Å². The molecule has 3 unspecified atom stereocenters. The zero-order chi connectivity index (χ0) is 27.5. The van der Waals surface area contributed by atoms with E-state index in [2.05, 4.69) is 31.9 Å². The van der Waals surface area contributed by atoms with E-state index in [4.69, 9.17) is 21.3 Å². The number of hydrogen-bond donors (Lipinski definition) is 3. The zero-order valence-corrected chi connectivity index (χ0v) is 24.3. The lowest BCUT2D eigenvalue weighted by molar-refractivity contribution is -0.0735. The van der Waals surface area contributed by atoms with Crippen LogP contribution in [-0.2, 0) is 11.3 Å². The maximum Gasteiger partial charge on any atom is 0.224 e. The zero-order valence-electron chi connectivity index (χ0n) is 23.5. The number of benzene rings is 1. The van der Waals surface area contributed by atoms with Gasteiger partial charge in [0.05, 0.1) is 12.8 Å². The monoisotopic (exact) mass is 563 g/mol. The molecule has 5 aliphatic rings. The molecule has 9 heteroatoms. The summed E-state index contributed by atoms with van der Waals surface area (Å²) in [7, 11) is 1.79. The topological polar surface area (TPSA) is 98.1 Å². The minimum Gasteiger partial charge on any atom is -0.383 e. The van der Waals surface area contributed by atoms with Crippen LogP contribution in [0.1, 0.15) is 56.1 Å². The van der Waals surface area contributed by atoms with E-state index in [1.54, 1.807) is 13.3 Å². The Morgan fingerprint density at radius 2 is 1.90 bits per heavy atom. The van der Waals surface area contributed by atoms with Crippen molar-refractivity contribution in [2.24, 2.45) is 23.2 Å². The number of nitriles is 1. The smallest absolute Gasteiger partial charge is 0.224 e. The Bertz CT molecular complexity index is 1190. The van der Waals surface area contributed by atoms with Gasteiger partial charge in [0.15, 0.2) is 0 Å². The van der Waals surface area contributed by atoms with E-state index in [1.165, 1.54) is 58.0 Å². The van der Waals surface area contributed by atoms with Gasteiger partial charge < -0.3 is 25.6 Å². The van der Waals surface area contributed by atoms with E-state index < -0.39 is 0 Å². The lowest BCUT2D eigenvalue weighted by Crippen LogP contribution is -2.61. The summed E-state index contributed by atoms with van der Waals surface area (Å²) in [6.45, 7) is 5.63. The fourth-order valence-corrected chi connectivity index (χ4v) is 8.47. The first-order valence-electron chi connectivity index (χ1n) is 15.0. The Labute approximate surface area is 243 Å². The number of aromatic nitrogens is 2. The van der Waals surface area contributed by atoms with Crippen molar-refractivity contribution in [3.63, 3.8) is 0 Å². The van der Waals surface area contributed by atoms with Gasteiger partial charge in [-0.2, -0.15) is 10.2 Å². The van der Waals surface area contributed by atoms with Gasteiger partial charge in [-0.1, -0.05) is 29.8 Å². The number of likely N-dealkylation sites (tertiary alicyclic amines) is 1. The summed E-state index contributed by atoms with van der Waals surface area (Å²) in [5.74, 6) is 3.48. The molecule has 1 saturated heterocycles. The maximum absolute atomic E-state index is 9.74. The van der Waals surface area contributed by atoms with Crippen molar-refractivity contribution in [1.82, 2.24) is 20.2 Å². The van der Waals surface area contributed by atoms with Gasteiger partial charge in [-0.25, -0.2) is 4.98 Å². The van der Waals surface area contributed by atoms with Gasteiger partial charge in [-0.15, -0.1) is 0 Å². The molecule has 214 valence electrons. The second kappa shape index (κ2) is 12.2. The Morgan fingerprint density at radius 3 is 2.62 bits per heavy atom. The van der Waals surface area contributed by atoms with Gasteiger partial charge in [0.2, 0.25) is 5.95 Å². The van der Waals surface area contributed by atoms with Crippen LogP contribution in [0.3, 0.4) is 0 Å². The third-order valence-corrected chi connectivity index (χ3v) is 10.3. The predicted octanol–water partition coefficient (Wildman–Crippen LogP) is 4.92. The van der Waals surface area contributed by atoms with Crippen molar-refractivity contribution < 1.29 is 4.74 Å². The second-order valence-corrected chi connectivity index (χ2v) is 13.0. The molecule has 0 spiro atoms. The van der Waals surface area contributed by atoms with E-state index in [9.17, 15) is 5.26 Å². The second-order valence-electron chi connectivity index (χ2n) is 12.6. The number of methoxy groups -OCH3 is 1. The number of nitrogens with one attached hydrogen (secondary N) is 3. The molecular weight excluding hydrogens is 522 g/mol. The summed E-state index contributed by atoms with van der Waals surface area (Å²) in [4.78, 5) is 11.6. The van der Waals surface area contributed by atoms with Crippen molar-refractivity contribution in [3.8, 4) is 6.07 Å². The Kier molecular flexibility index (Phi) is 8.45. The minimum absolute atomic E-state index is 0.293. The lowest BCUT2D eigenvalue weighted by Gasteiger charge is -2.61. The summed E-state index contributed by atoms with van der Waals surface area (Å²) in [5.41, 5.74) is 1.77. The first-order chi connectivity index (χ1) is 19.5. The van der Waals surface area contributed by atoms with Crippen molar-refractivity contribution in [2.75, 3.05) is 50.5 Å². The molecule has 8 nitrogen and oxygen atoms in total. The Balaban J connectivity index is 1.06. The van der Waals surface area contributed by atoms with E-state index >= 15 is 0 Å². The quantitative estimate of drug-likeness (QED) is 0.354. The van der Waals surface area contributed by atoms with Gasteiger partial charge in [0, 0.05) is 43.9 Å². The van der Waals surface area contributed by atoms with Crippen LogP contribution < -0.4 is 16.0 Å². The molecule has 4 aliphatic carbocycles. The summed E-state index contributed by atoms with van der Waals surface area (Å²) in [6.07, 6.45) is 10.7. The van der Waals surface area contributed by atoms with Crippen LogP contribution in [0.25, 0.3) is 0 Å². The SMILES string of the molecule is COCCN1CCC(NC2[C@@H]3CC4C[C@H]2CC(CNc2nc(NCc5ccccc5Cl)ncc2C#N)(C4)C3)CC1. The Morgan fingerprint density at radius 1 is 1.12 bits per heavy atom. The third-order valence-electron chi connectivity index (χ3n) is 9.96. The fraction of sp³-hybridized carbons (Fsp3) is 0.645. The molecule has 3 N–H and O–H groups in total. The number of anilines is 2. The normalized spacial score (nSPS) is 29.8. The summed E-state index contributed by atoms with van der Waals surface area (Å²) in [5, 5.41) is 21.5. The number of hydrogen-bond acceptors (Lipinski definition) is 8. The lowest BCUT2D eigenvalue weighted by atomic mass is 9.48. The van der Waals surface area contributed by atoms with Crippen molar-refractivity contribution in [3.05, 3.63) is 46.6 Å². The highest BCUT2D eigenvalue weighted by atomic mass is 35.5. The van der Waals surface area contributed by atoms with Crippen LogP contribution in [0.5, 0.6) is 0 Å². The van der Waals surface area contributed by atoms with Gasteiger partial charge in [-0.3, -0.25) is 0 Å². The molecule has 40 heavy (non-hydrogen) atoms. The molecular formula is C31H42ClN7O. The molecule has 5 fully saturated rings. The molecule has 1 aromatic heterocycles.